The lowest BCUT2D eigenvalue weighted by molar-refractivity contribution is -0.121. The van der Waals surface area contributed by atoms with Crippen molar-refractivity contribution in [2.24, 2.45) is 0 Å². The second kappa shape index (κ2) is 7.86. The second-order valence-electron chi connectivity index (χ2n) is 4.67. The van der Waals surface area contributed by atoms with Gasteiger partial charge >= 0.3 is 0 Å². The number of hydrogen-bond acceptors (Lipinski definition) is 3. The zero-order valence-corrected chi connectivity index (χ0v) is 12.6. The molecule has 1 aromatic carbocycles. The maximum Gasteiger partial charge on any atom is 0.220 e. The summed E-state index contributed by atoms with van der Waals surface area (Å²) >= 11 is 5.91. The van der Waals surface area contributed by atoms with Gasteiger partial charge < -0.3 is 14.5 Å². The number of ether oxygens (including phenoxy) is 1. The quantitative estimate of drug-likeness (QED) is 0.853. The first-order valence-corrected chi connectivity index (χ1v) is 7.14. The van der Waals surface area contributed by atoms with Crippen molar-refractivity contribution in [3.8, 4) is 0 Å². The van der Waals surface area contributed by atoms with E-state index < -0.39 is 0 Å². The molecule has 4 nitrogen and oxygen atoms in total. The highest BCUT2D eigenvalue weighted by atomic mass is 35.5. The Morgan fingerprint density at radius 3 is 2.90 bits per heavy atom. The van der Waals surface area contributed by atoms with Crippen molar-refractivity contribution in [2.75, 3.05) is 13.7 Å². The summed E-state index contributed by atoms with van der Waals surface area (Å²) in [6.07, 6.45) is 2.39. The smallest absolute Gasteiger partial charge is 0.220 e. The summed E-state index contributed by atoms with van der Waals surface area (Å²) < 4.78 is 10.6. The van der Waals surface area contributed by atoms with Crippen LogP contribution in [0.4, 0.5) is 0 Å². The van der Waals surface area contributed by atoms with Gasteiger partial charge in [-0.3, -0.25) is 4.79 Å². The molecule has 1 N–H and O–H groups in total. The first kappa shape index (κ1) is 15.6. The summed E-state index contributed by atoms with van der Waals surface area (Å²) in [6.45, 7) is 0.387. The van der Waals surface area contributed by atoms with Crippen LogP contribution >= 0.6 is 11.6 Å². The third-order valence-corrected chi connectivity index (χ3v) is 3.39. The molecule has 1 amide bonds. The van der Waals surface area contributed by atoms with Crippen LogP contribution in [-0.4, -0.2) is 19.6 Å². The van der Waals surface area contributed by atoms with E-state index in [2.05, 4.69) is 5.32 Å². The van der Waals surface area contributed by atoms with Crippen LogP contribution < -0.4 is 5.32 Å². The first-order chi connectivity index (χ1) is 10.2. The molecule has 0 bridgehead atoms. The number of halogens is 1. The molecule has 2 aromatic rings. The number of methoxy groups -OCH3 is 1. The number of carbonyl (C=O) groups excluding carboxylic acids is 1. The van der Waals surface area contributed by atoms with Gasteiger partial charge in [0, 0.05) is 18.6 Å². The van der Waals surface area contributed by atoms with E-state index in [4.69, 9.17) is 20.8 Å². The minimum atomic E-state index is -0.268. The van der Waals surface area contributed by atoms with Crippen molar-refractivity contribution in [2.45, 2.75) is 18.9 Å². The van der Waals surface area contributed by atoms with Gasteiger partial charge in [0.05, 0.1) is 12.8 Å². The average molecular weight is 308 g/mol. The molecule has 5 heteroatoms. The van der Waals surface area contributed by atoms with E-state index in [1.54, 1.807) is 19.4 Å². The Bertz CT molecular complexity index is 569. The first-order valence-electron chi connectivity index (χ1n) is 6.76. The van der Waals surface area contributed by atoms with Gasteiger partial charge in [-0.05, 0) is 36.2 Å². The predicted molar refractivity (Wildman–Crippen MR) is 81.2 cm³/mol. The number of benzene rings is 1. The van der Waals surface area contributed by atoms with Crippen LogP contribution in [0.3, 0.4) is 0 Å². The van der Waals surface area contributed by atoms with Gasteiger partial charge in [0.1, 0.15) is 11.9 Å². The summed E-state index contributed by atoms with van der Waals surface area (Å²) in [4.78, 5) is 11.9. The van der Waals surface area contributed by atoms with Crippen LogP contribution in [0.2, 0.25) is 5.02 Å². The highest BCUT2D eigenvalue weighted by Crippen LogP contribution is 2.16. The minimum Gasteiger partial charge on any atom is -0.467 e. The summed E-state index contributed by atoms with van der Waals surface area (Å²) in [5.41, 5.74) is 1.05. The maximum atomic E-state index is 11.9. The van der Waals surface area contributed by atoms with Crippen molar-refractivity contribution in [1.29, 1.82) is 0 Å². The Morgan fingerprint density at radius 2 is 2.24 bits per heavy atom. The van der Waals surface area contributed by atoms with E-state index in [1.807, 2.05) is 30.3 Å². The number of amides is 1. The Balaban J connectivity index is 1.77. The normalized spacial score (nSPS) is 12.1. The molecule has 0 radical (unpaired) electrons. The van der Waals surface area contributed by atoms with Gasteiger partial charge in [0.25, 0.3) is 0 Å². The lowest BCUT2D eigenvalue weighted by Crippen LogP contribution is -2.29. The third kappa shape index (κ3) is 4.92. The van der Waals surface area contributed by atoms with Crippen LogP contribution in [0.15, 0.2) is 47.1 Å². The molecule has 0 saturated heterocycles. The van der Waals surface area contributed by atoms with Crippen molar-refractivity contribution in [3.05, 3.63) is 59.0 Å². The van der Waals surface area contributed by atoms with Gasteiger partial charge in [0.15, 0.2) is 0 Å². The Morgan fingerprint density at radius 1 is 1.38 bits per heavy atom. The van der Waals surface area contributed by atoms with Crippen molar-refractivity contribution in [1.82, 2.24) is 5.32 Å². The summed E-state index contributed by atoms with van der Waals surface area (Å²) in [5.74, 6) is 0.677. The number of aryl methyl sites for hydroxylation is 1. The van der Waals surface area contributed by atoms with Crippen LogP contribution in [0.5, 0.6) is 0 Å². The molecule has 1 heterocycles. The topological polar surface area (TPSA) is 51.5 Å². The molecule has 2 rings (SSSR count). The Labute approximate surface area is 129 Å². The van der Waals surface area contributed by atoms with E-state index >= 15 is 0 Å². The molecule has 1 atom stereocenters. The van der Waals surface area contributed by atoms with E-state index in [0.717, 1.165) is 5.56 Å². The molecule has 1 aromatic heterocycles. The van der Waals surface area contributed by atoms with Gasteiger partial charge in [-0.15, -0.1) is 0 Å². The fourth-order valence-corrected chi connectivity index (χ4v) is 2.23. The molecular formula is C16H18ClNO3. The highest BCUT2D eigenvalue weighted by Gasteiger charge is 2.14. The van der Waals surface area contributed by atoms with Gasteiger partial charge in [-0.1, -0.05) is 23.7 Å². The summed E-state index contributed by atoms with van der Waals surface area (Å²) in [6, 6.07) is 11.1. The third-order valence-electron chi connectivity index (χ3n) is 3.16. The largest absolute Gasteiger partial charge is 0.467 e. The van der Waals surface area contributed by atoms with Crippen LogP contribution in [-0.2, 0) is 16.0 Å². The molecule has 21 heavy (non-hydrogen) atoms. The molecule has 0 aliphatic rings. The zero-order valence-electron chi connectivity index (χ0n) is 11.8. The molecule has 0 spiro atoms. The van der Waals surface area contributed by atoms with Crippen molar-refractivity contribution < 1.29 is 13.9 Å². The average Bonchev–Trinajstić information content (AvgIpc) is 3.00. The zero-order chi connectivity index (χ0) is 15.1. The van der Waals surface area contributed by atoms with Gasteiger partial charge in [-0.2, -0.15) is 0 Å². The van der Waals surface area contributed by atoms with Crippen molar-refractivity contribution >= 4 is 17.5 Å². The molecule has 112 valence electrons. The maximum absolute atomic E-state index is 11.9. The van der Waals surface area contributed by atoms with Crippen molar-refractivity contribution in [3.63, 3.8) is 0 Å². The molecular weight excluding hydrogens is 290 g/mol. The molecule has 0 aliphatic carbocycles. The molecule has 0 unspecified atom stereocenters. The number of rotatable bonds is 7. The van der Waals surface area contributed by atoms with E-state index in [0.29, 0.717) is 30.2 Å². The Hall–Kier alpha value is -1.78. The minimum absolute atomic E-state index is 0.0245. The van der Waals surface area contributed by atoms with E-state index in [9.17, 15) is 4.79 Å². The number of furan rings is 1. The van der Waals surface area contributed by atoms with E-state index in [1.165, 1.54) is 0 Å². The number of hydrogen-bond donors (Lipinski definition) is 1. The highest BCUT2D eigenvalue weighted by molar-refractivity contribution is 6.30. The predicted octanol–water partition coefficient (Wildman–Crippen LogP) is 3.37. The van der Waals surface area contributed by atoms with Crippen LogP contribution in [0, 0.1) is 0 Å². The monoisotopic (exact) mass is 307 g/mol. The molecule has 0 aliphatic heterocycles. The van der Waals surface area contributed by atoms with Crippen LogP contribution in [0.1, 0.15) is 23.8 Å². The molecule has 0 saturated carbocycles. The fraction of sp³-hybridized carbons (Fsp3) is 0.312. The van der Waals surface area contributed by atoms with Gasteiger partial charge in [0.2, 0.25) is 5.91 Å². The lowest BCUT2D eigenvalue weighted by Gasteiger charge is -2.13. The van der Waals surface area contributed by atoms with E-state index in [-0.39, 0.29) is 12.0 Å². The SMILES string of the molecule is CO[C@@H](CNC(=O)CCc1cccc(Cl)c1)c1ccco1. The fourth-order valence-electron chi connectivity index (χ4n) is 2.02. The lowest BCUT2D eigenvalue weighted by atomic mass is 10.1. The summed E-state index contributed by atoms with van der Waals surface area (Å²) in [5, 5.41) is 3.54. The Kier molecular flexibility index (Phi) is 5.84. The standard InChI is InChI=1S/C16H18ClNO3/c1-20-15(14-6-3-9-21-14)11-18-16(19)8-7-12-4-2-5-13(17)10-12/h2-6,9-10,15H,7-8,11H2,1H3,(H,18,19)/t15-/m0/s1. The number of carbonyl (C=O) groups is 1. The molecule has 0 fully saturated rings. The van der Waals surface area contributed by atoms with Crippen LogP contribution in [0.25, 0.3) is 0 Å². The summed E-state index contributed by atoms with van der Waals surface area (Å²) in [7, 11) is 1.59. The second-order valence-corrected chi connectivity index (χ2v) is 5.11. The van der Waals surface area contributed by atoms with Gasteiger partial charge in [-0.25, -0.2) is 0 Å². The number of nitrogens with one attached hydrogen (secondary N) is 1.